The van der Waals surface area contributed by atoms with Crippen LogP contribution in [0.3, 0.4) is 0 Å². The molecular formula is C24H39N6Sb. The van der Waals surface area contributed by atoms with Crippen molar-refractivity contribution in [3.05, 3.63) is 0 Å². The molecule has 6 rings (SSSR count). The van der Waals surface area contributed by atoms with Gasteiger partial charge in [0.15, 0.2) is 0 Å². The van der Waals surface area contributed by atoms with Crippen LogP contribution in [0.1, 0.15) is 80.1 Å². The van der Waals surface area contributed by atoms with Gasteiger partial charge in [-0.25, -0.2) is 0 Å². The van der Waals surface area contributed by atoms with E-state index < -0.39 is 21.0 Å². The Kier molecular flexibility index (Phi) is 4.46. The Morgan fingerprint density at radius 2 is 0.871 bits per heavy atom. The summed E-state index contributed by atoms with van der Waals surface area (Å²) in [7, 11) is 0. The second-order valence-corrected chi connectivity index (χ2v) is 17.4. The molecule has 0 bridgehead atoms. The fourth-order valence-corrected chi connectivity index (χ4v) is 17.2. The van der Waals surface area contributed by atoms with Crippen LogP contribution in [0.25, 0.3) is 0 Å². The zero-order valence-corrected chi connectivity index (χ0v) is 22.8. The summed E-state index contributed by atoms with van der Waals surface area (Å²) >= 11 is -2.52. The maximum atomic E-state index is 5.16. The van der Waals surface area contributed by atoms with Crippen molar-refractivity contribution in [2.45, 2.75) is 96.7 Å². The number of aliphatic imine (C=N–C) groups is 3. The van der Waals surface area contributed by atoms with Crippen molar-refractivity contribution in [3.8, 4) is 0 Å². The van der Waals surface area contributed by atoms with Gasteiger partial charge in [0, 0.05) is 0 Å². The molecule has 31 heavy (non-hydrogen) atoms. The SMILES string of the molecule is CC1(C)CC2CCN=C2[N]1[Sb]([N]1C2=NCCC2CC1(C)C)[N]1C2=NCCC2CC1(C)C. The summed E-state index contributed by atoms with van der Waals surface area (Å²) < 4.78 is 8.72. The monoisotopic (exact) mass is 532 g/mol. The van der Waals surface area contributed by atoms with Crippen LogP contribution in [0.2, 0.25) is 0 Å². The Bertz CT molecular complexity index is 772. The van der Waals surface area contributed by atoms with Gasteiger partial charge in [-0.2, -0.15) is 0 Å². The van der Waals surface area contributed by atoms with Crippen molar-refractivity contribution < 1.29 is 0 Å². The number of amidine groups is 3. The minimum absolute atomic E-state index is 0.160. The van der Waals surface area contributed by atoms with Crippen molar-refractivity contribution in [3.63, 3.8) is 0 Å². The molecule has 0 aromatic carbocycles. The Morgan fingerprint density at radius 3 is 1.16 bits per heavy atom. The first-order chi connectivity index (χ1) is 14.6. The van der Waals surface area contributed by atoms with Crippen LogP contribution in [0.15, 0.2) is 15.0 Å². The van der Waals surface area contributed by atoms with Crippen LogP contribution in [-0.4, -0.2) is 84.0 Å². The van der Waals surface area contributed by atoms with E-state index in [9.17, 15) is 0 Å². The van der Waals surface area contributed by atoms with Gasteiger partial charge in [-0.1, -0.05) is 0 Å². The van der Waals surface area contributed by atoms with Crippen LogP contribution in [0.4, 0.5) is 0 Å². The summed E-state index contributed by atoms with van der Waals surface area (Å²) in [4.78, 5) is 15.5. The van der Waals surface area contributed by atoms with E-state index in [1.807, 2.05) is 0 Å². The van der Waals surface area contributed by atoms with Crippen molar-refractivity contribution in [2.24, 2.45) is 32.7 Å². The number of hydrogen-bond acceptors (Lipinski definition) is 6. The number of hydrogen-bond donors (Lipinski definition) is 0. The van der Waals surface area contributed by atoms with Gasteiger partial charge >= 0.3 is 197 Å². The second-order valence-electron chi connectivity index (χ2n) is 12.4. The predicted molar refractivity (Wildman–Crippen MR) is 129 cm³/mol. The molecule has 6 aliphatic heterocycles. The molecule has 170 valence electrons. The van der Waals surface area contributed by atoms with Crippen LogP contribution >= 0.6 is 0 Å². The van der Waals surface area contributed by atoms with Crippen molar-refractivity contribution in [1.29, 1.82) is 0 Å². The molecule has 0 N–H and O–H groups in total. The average molecular weight is 533 g/mol. The first kappa shape index (κ1) is 20.8. The standard InChI is InChI=1S/3C8H13N2.Sb/c3*1-8(2)5-6-3-4-9-7(6)10-8;/h3*6H,3-5H2,1-2H3;/q3*-1;+3. The number of nitrogens with zero attached hydrogens (tertiary/aromatic N) is 6. The third kappa shape index (κ3) is 2.91. The first-order valence-corrected chi connectivity index (χ1v) is 15.9. The second kappa shape index (κ2) is 6.64. The quantitative estimate of drug-likeness (QED) is 0.521. The molecule has 6 nitrogen and oxygen atoms in total. The van der Waals surface area contributed by atoms with Gasteiger partial charge in [-0.3, -0.25) is 0 Å². The molecule has 6 heterocycles. The molecule has 7 heteroatoms. The van der Waals surface area contributed by atoms with Crippen molar-refractivity contribution in [1.82, 2.24) is 9.18 Å². The summed E-state index contributed by atoms with van der Waals surface area (Å²) in [5.41, 5.74) is 0.480. The van der Waals surface area contributed by atoms with Gasteiger partial charge in [0.25, 0.3) is 0 Å². The Labute approximate surface area is 196 Å². The fourth-order valence-electron chi connectivity index (χ4n) is 7.35. The third-order valence-electron chi connectivity index (χ3n) is 8.50. The Balaban J connectivity index is 1.54. The van der Waals surface area contributed by atoms with Gasteiger partial charge in [0.05, 0.1) is 0 Å². The Hall–Kier alpha value is -0.772. The zero-order valence-electron chi connectivity index (χ0n) is 20.2. The minimum atomic E-state index is -2.52. The molecular weight excluding hydrogens is 494 g/mol. The summed E-state index contributed by atoms with van der Waals surface area (Å²) in [6, 6.07) is 0. The average Bonchev–Trinajstić information content (AvgIpc) is 3.42. The molecule has 0 amide bonds. The van der Waals surface area contributed by atoms with Gasteiger partial charge in [-0.05, 0) is 0 Å². The molecule has 0 spiro atoms. The molecule has 3 atom stereocenters. The van der Waals surface area contributed by atoms with Gasteiger partial charge < -0.3 is 0 Å². The molecule has 3 unspecified atom stereocenters. The van der Waals surface area contributed by atoms with E-state index in [1.54, 1.807) is 0 Å². The summed E-state index contributed by atoms with van der Waals surface area (Å²) in [5, 5.41) is 0. The van der Waals surface area contributed by atoms with Gasteiger partial charge in [0.2, 0.25) is 0 Å². The summed E-state index contributed by atoms with van der Waals surface area (Å²) in [5.74, 6) is 6.26. The first-order valence-electron chi connectivity index (χ1n) is 12.4. The molecule has 3 fully saturated rings. The molecule has 0 aliphatic carbocycles. The van der Waals surface area contributed by atoms with E-state index >= 15 is 0 Å². The van der Waals surface area contributed by atoms with Crippen LogP contribution in [-0.2, 0) is 0 Å². The van der Waals surface area contributed by atoms with Crippen molar-refractivity contribution >= 4 is 38.5 Å². The normalized spacial score (nSPS) is 36.7. The molecule has 6 aliphatic rings. The summed E-state index contributed by atoms with van der Waals surface area (Å²) in [6.07, 6.45) is 7.47. The molecule has 3 saturated heterocycles. The molecule has 0 saturated carbocycles. The van der Waals surface area contributed by atoms with E-state index in [1.165, 1.54) is 56.0 Å². The van der Waals surface area contributed by atoms with E-state index in [4.69, 9.17) is 15.0 Å². The van der Waals surface area contributed by atoms with E-state index in [0.717, 1.165) is 19.6 Å². The molecule has 0 aromatic rings. The third-order valence-corrected chi connectivity index (χ3v) is 17.9. The van der Waals surface area contributed by atoms with Gasteiger partial charge in [-0.15, -0.1) is 0 Å². The number of rotatable bonds is 3. The van der Waals surface area contributed by atoms with E-state index in [-0.39, 0.29) is 16.6 Å². The molecule has 0 radical (unpaired) electrons. The van der Waals surface area contributed by atoms with Crippen LogP contribution in [0.5, 0.6) is 0 Å². The predicted octanol–water partition coefficient (Wildman–Crippen LogP) is 3.68. The zero-order chi connectivity index (χ0) is 21.8. The fraction of sp³-hybridized carbons (Fsp3) is 0.875. The maximum absolute atomic E-state index is 5.16. The number of fused-ring (bicyclic) bond motifs is 3. The van der Waals surface area contributed by atoms with Crippen LogP contribution < -0.4 is 0 Å². The Morgan fingerprint density at radius 1 is 0.581 bits per heavy atom. The van der Waals surface area contributed by atoms with Crippen LogP contribution in [0, 0.1) is 17.8 Å². The molecule has 0 aromatic heterocycles. The van der Waals surface area contributed by atoms with Crippen molar-refractivity contribution in [2.75, 3.05) is 19.6 Å². The van der Waals surface area contributed by atoms with Gasteiger partial charge in [0.1, 0.15) is 0 Å². The van der Waals surface area contributed by atoms with E-state index in [0.29, 0.717) is 17.8 Å². The summed E-state index contributed by atoms with van der Waals surface area (Å²) in [6.45, 7) is 18.0. The van der Waals surface area contributed by atoms with E-state index in [2.05, 4.69) is 50.7 Å². The topological polar surface area (TPSA) is 46.8 Å².